The highest BCUT2D eigenvalue weighted by Gasteiger charge is 2.35. The van der Waals surface area contributed by atoms with Crippen LogP contribution >= 0.6 is 11.6 Å². The van der Waals surface area contributed by atoms with Gasteiger partial charge in [-0.3, -0.25) is 9.59 Å². The number of hydrogen-bond donors (Lipinski definition) is 1. The molecule has 0 fully saturated rings. The summed E-state index contributed by atoms with van der Waals surface area (Å²) < 4.78 is 17.4. The lowest BCUT2D eigenvalue weighted by Gasteiger charge is -2.31. The van der Waals surface area contributed by atoms with Gasteiger partial charge in [-0.05, 0) is 56.7 Å². The molecule has 188 valence electrons. The predicted octanol–water partition coefficient (Wildman–Crippen LogP) is 5.72. The Kier molecular flexibility index (Phi) is 8.00. The molecule has 4 rings (SSSR count). The average molecular weight is 509 g/mol. The van der Waals surface area contributed by atoms with E-state index < -0.39 is 6.04 Å². The quantitative estimate of drug-likeness (QED) is 0.421. The third-order valence-electron chi connectivity index (χ3n) is 5.74. The first kappa shape index (κ1) is 25.4. The molecule has 1 aliphatic rings. The highest BCUT2D eigenvalue weighted by molar-refractivity contribution is 6.30. The van der Waals surface area contributed by atoms with E-state index in [1.807, 2.05) is 51.1 Å². The van der Waals surface area contributed by atoms with Crippen molar-refractivity contribution in [1.29, 1.82) is 0 Å². The van der Waals surface area contributed by atoms with Gasteiger partial charge in [-0.2, -0.15) is 0 Å². The van der Waals surface area contributed by atoms with Crippen LogP contribution in [0.2, 0.25) is 5.02 Å². The second-order valence-electron chi connectivity index (χ2n) is 8.13. The van der Waals surface area contributed by atoms with Crippen LogP contribution in [0.25, 0.3) is 0 Å². The summed E-state index contributed by atoms with van der Waals surface area (Å²) in [4.78, 5) is 28.6. The number of anilines is 1. The number of rotatable bonds is 8. The number of hydrogen-bond acceptors (Lipinski definition) is 5. The number of halogens is 1. The van der Waals surface area contributed by atoms with Crippen LogP contribution in [0.15, 0.2) is 60.7 Å². The van der Waals surface area contributed by atoms with Crippen LogP contribution in [0.3, 0.4) is 0 Å². The van der Waals surface area contributed by atoms with Crippen LogP contribution in [-0.4, -0.2) is 43.1 Å². The molecule has 0 bridgehead atoms. The van der Waals surface area contributed by atoms with Gasteiger partial charge in [-0.25, -0.2) is 0 Å². The Hall–Kier alpha value is -3.71. The maximum atomic E-state index is 14.1. The molecule has 0 radical (unpaired) electrons. The van der Waals surface area contributed by atoms with Crippen LogP contribution in [0.4, 0.5) is 5.69 Å². The SMILES string of the molecule is CCOc1cc(C(=O)N2CC(=O)Nc3ccc(Cl)cc3C2c2ccccc2)cc(OCC)c1OCC. The minimum atomic E-state index is -0.552. The van der Waals surface area contributed by atoms with Crippen LogP contribution < -0.4 is 19.5 Å². The van der Waals surface area contributed by atoms with Crippen LogP contribution in [0, 0.1) is 0 Å². The van der Waals surface area contributed by atoms with Crippen molar-refractivity contribution in [3.63, 3.8) is 0 Å². The van der Waals surface area contributed by atoms with Gasteiger partial charge in [0, 0.05) is 21.8 Å². The van der Waals surface area contributed by atoms with E-state index in [9.17, 15) is 9.59 Å². The van der Waals surface area contributed by atoms with Crippen molar-refractivity contribution in [2.24, 2.45) is 0 Å². The van der Waals surface area contributed by atoms with E-state index in [2.05, 4.69) is 5.32 Å². The van der Waals surface area contributed by atoms with Crippen molar-refractivity contribution in [3.05, 3.63) is 82.4 Å². The summed E-state index contributed by atoms with van der Waals surface area (Å²) in [7, 11) is 0. The monoisotopic (exact) mass is 508 g/mol. The topological polar surface area (TPSA) is 77.1 Å². The minimum Gasteiger partial charge on any atom is -0.490 e. The predicted molar refractivity (Wildman–Crippen MR) is 139 cm³/mol. The number of carbonyl (C=O) groups excluding carboxylic acids is 2. The third kappa shape index (κ3) is 5.26. The highest BCUT2D eigenvalue weighted by Crippen LogP contribution is 2.42. The summed E-state index contributed by atoms with van der Waals surface area (Å²) in [6.07, 6.45) is 0. The lowest BCUT2D eigenvalue weighted by Crippen LogP contribution is -2.39. The Morgan fingerprint density at radius 2 is 1.58 bits per heavy atom. The molecule has 1 heterocycles. The molecule has 1 atom stereocenters. The number of carbonyl (C=O) groups is 2. The van der Waals surface area contributed by atoms with Crippen molar-refractivity contribution >= 4 is 29.1 Å². The van der Waals surface area contributed by atoms with Crippen LogP contribution in [0.1, 0.15) is 48.3 Å². The maximum Gasteiger partial charge on any atom is 0.255 e. The van der Waals surface area contributed by atoms with Gasteiger partial charge < -0.3 is 24.4 Å². The van der Waals surface area contributed by atoms with Gasteiger partial charge in [0.15, 0.2) is 11.5 Å². The van der Waals surface area contributed by atoms with E-state index >= 15 is 0 Å². The lowest BCUT2D eigenvalue weighted by molar-refractivity contribution is -0.117. The largest absolute Gasteiger partial charge is 0.490 e. The van der Waals surface area contributed by atoms with Crippen molar-refractivity contribution in [3.8, 4) is 17.2 Å². The summed E-state index contributed by atoms with van der Waals surface area (Å²) >= 11 is 6.36. The molecule has 3 aromatic carbocycles. The van der Waals surface area contributed by atoms with Gasteiger partial charge in [-0.1, -0.05) is 41.9 Å². The standard InChI is InChI=1S/C28H29ClN2O5/c1-4-34-23-14-19(15-24(35-5-2)27(23)36-6-3)28(33)31-17-25(32)30-22-13-12-20(29)16-21(22)26(31)18-10-8-7-9-11-18/h7-16,26H,4-6,17H2,1-3H3,(H,30,32). The fourth-order valence-electron chi connectivity index (χ4n) is 4.34. The second-order valence-corrected chi connectivity index (χ2v) is 8.56. The summed E-state index contributed by atoms with van der Waals surface area (Å²) in [5.74, 6) is 0.617. The Labute approximate surface area is 215 Å². The fourth-order valence-corrected chi connectivity index (χ4v) is 4.52. The fraction of sp³-hybridized carbons (Fsp3) is 0.286. The van der Waals surface area contributed by atoms with Gasteiger partial charge in [0.05, 0.1) is 25.9 Å². The number of fused-ring (bicyclic) bond motifs is 1. The smallest absolute Gasteiger partial charge is 0.255 e. The molecule has 8 heteroatoms. The van der Waals surface area contributed by atoms with Crippen LogP contribution in [0.5, 0.6) is 17.2 Å². The second kappa shape index (κ2) is 11.4. The van der Waals surface area contributed by atoms with Gasteiger partial charge in [0.25, 0.3) is 5.91 Å². The summed E-state index contributed by atoms with van der Waals surface area (Å²) in [5, 5.41) is 3.42. The van der Waals surface area contributed by atoms with E-state index in [4.69, 9.17) is 25.8 Å². The van der Waals surface area contributed by atoms with E-state index in [-0.39, 0.29) is 18.4 Å². The Balaban J connectivity index is 1.87. The Morgan fingerprint density at radius 3 is 2.19 bits per heavy atom. The van der Waals surface area contributed by atoms with E-state index in [0.717, 1.165) is 11.1 Å². The van der Waals surface area contributed by atoms with E-state index in [1.54, 1.807) is 35.2 Å². The first-order chi connectivity index (χ1) is 17.5. The first-order valence-electron chi connectivity index (χ1n) is 12.0. The molecule has 0 saturated heterocycles. The van der Waals surface area contributed by atoms with Gasteiger partial charge in [-0.15, -0.1) is 0 Å². The molecule has 2 amide bonds. The molecular weight excluding hydrogens is 480 g/mol. The molecule has 7 nitrogen and oxygen atoms in total. The Morgan fingerprint density at radius 1 is 0.944 bits per heavy atom. The molecule has 0 saturated carbocycles. The highest BCUT2D eigenvalue weighted by atomic mass is 35.5. The normalized spacial score (nSPS) is 14.9. The molecule has 3 aromatic rings. The first-order valence-corrected chi connectivity index (χ1v) is 12.4. The summed E-state index contributed by atoms with van der Waals surface area (Å²) in [6, 6.07) is 17.6. The van der Waals surface area contributed by atoms with Crippen molar-refractivity contribution in [2.45, 2.75) is 26.8 Å². The van der Waals surface area contributed by atoms with Gasteiger partial charge >= 0.3 is 0 Å². The van der Waals surface area contributed by atoms with E-state index in [1.165, 1.54) is 0 Å². The van der Waals surface area contributed by atoms with Gasteiger partial charge in [0.1, 0.15) is 6.54 Å². The van der Waals surface area contributed by atoms with Crippen molar-refractivity contribution < 1.29 is 23.8 Å². The molecule has 1 aliphatic heterocycles. The molecule has 0 aromatic heterocycles. The maximum absolute atomic E-state index is 14.1. The Bertz CT molecular complexity index is 1220. The van der Waals surface area contributed by atoms with E-state index in [0.29, 0.717) is 53.3 Å². The number of nitrogens with zero attached hydrogens (tertiary/aromatic N) is 1. The molecule has 0 aliphatic carbocycles. The van der Waals surface area contributed by atoms with Crippen LogP contribution in [-0.2, 0) is 4.79 Å². The lowest BCUT2D eigenvalue weighted by atomic mass is 9.95. The zero-order valence-electron chi connectivity index (χ0n) is 20.5. The zero-order chi connectivity index (χ0) is 25.7. The molecule has 36 heavy (non-hydrogen) atoms. The third-order valence-corrected chi connectivity index (χ3v) is 5.98. The number of nitrogens with one attached hydrogen (secondary N) is 1. The molecule has 1 unspecified atom stereocenters. The summed E-state index contributed by atoms with van der Waals surface area (Å²) in [6.45, 7) is 6.61. The van der Waals surface area contributed by atoms with Crippen molar-refractivity contribution in [1.82, 2.24) is 4.90 Å². The number of benzene rings is 3. The summed E-state index contributed by atoms with van der Waals surface area (Å²) in [5.41, 5.74) is 2.52. The average Bonchev–Trinajstić information content (AvgIpc) is 3.01. The number of amides is 2. The van der Waals surface area contributed by atoms with Gasteiger partial charge in [0.2, 0.25) is 11.7 Å². The van der Waals surface area contributed by atoms with Crippen molar-refractivity contribution in [2.75, 3.05) is 31.7 Å². The molecular formula is C28H29ClN2O5. The molecule has 0 spiro atoms. The number of ether oxygens (including phenoxy) is 3. The minimum absolute atomic E-state index is 0.147. The molecule has 1 N–H and O–H groups in total. The zero-order valence-corrected chi connectivity index (χ0v) is 21.3.